The van der Waals surface area contributed by atoms with Gasteiger partial charge in [0.2, 0.25) is 5.82 Å². The third kappa shape index (κ3) is 2.11. The Bertz CT molecular complexity index is 769. The summed E-state index contributed by atoms with van der Waals surface area (Å²) in [5.41, 5.74) is 7.89. The van der Waals surface area contributed by atoms with E-state index in [9.17, 15) is 4.39 Å². The zero-order valence-electron chi connectivity index (χ0n) is 10.7. The van der Waals surface area contributed by atoms with Crippen molar-refractivity contribution in [3.05, 3.63) is 47.9 Å². The van der Waals surface area contributed by atoms with Gasteiger partial charge in [-0.2, -0.15) is 4.98 Å². The molecule has 0 atom stereocenters. The Morgan fingerprint density at radius 1 is 1.25 bits per heavy atom. The second-order valence-electron chi connectivity index (χ2n) is 4.33. The number of halogens is 1. The molecule has 0 fully saturated rings. The monoisotopic (exact) mass is 270 g/mol. The summed E-state index contributed by atoms with van der Waals surface area (Å²) in [6.45, 7) is 1.68. The molecule has 0 spiro atoms. The van der Waals surface area contributed by atoms with Gasteiger partial charge in [-0.3, -0.25) is 0 Å². The number of nitrogens with zero attached hydrogens (tertiary/aromatic N) is 3. The zero-order valence-corrected chi connectivity index (χ0v) is 10.7. The maximum Gasteiger partial charge on any atom is 0.278 e. The van der Waals surface area contributed by atoms with Crippen molar-refractivity contribution in [1.29, 1.82) is 0 Å². The third-order valence-corrected chi connectivity index (χ3v) is 2.88. The van der Waals surface area contributed by atoms with Gasteiger partial charge >= 0.3 is 0 Å². The van der Waals surface area contributed by atoms with Gasteiger partial charge in [0, 0.05) is 11.8 Å². The van der Waals surface area contributed by atoms with E-state index in [1.807, 2.05) is 0 Å². The molecule has 0 bridgehead atoms. The smallest absolute Gasteiger partial charge is 0.278 e. The van der Waals surface area contributed by atoms with Crippen molar-refractivity contribution in [2.75, 3.05) is 5.73 Å². The molecule has 0 amide bonds. The second kappa shape index (κ2) is 4.73. The molecule has 3 rings (SSSR count). The molecular formula is C14H11FN4O. The molecule has 0 saturated heterocycles. The van der Waals surface area contributed by atoms with Crippen LogP contribution >= 0.6 is 0 Å². The standard InChI is InChI=1S/C14H11FN4O/c1-8-7-9(4-5-10(8)15)13-18-14(20-19-13)12-11(16)3-2-6-17-12/h2-7H,16H2,1H3. The van der Waals surface area contributed by atoms with E-state index in [1.54, 1.807) is 37.4 Å². The summed E-state index contributed by atoms with van der Waals surface area (Å²) in [7, 11) is 0. The highest BCUT2D eigenvalue weighted by atomic mass is 19.1. The Balaban J connectivity index is 2.02. The fourth-order valence-corrected chi connectivity index (χ4v) is 1.82. The number of pyridine rings is 1. The Morgan fingerprint density at radius 2 is 2.10 bits per heavy atom. The van der Waals surface area contributed by atoms with Crippen molar-refractivity contribution in [2.45, 2.75) is 6.92 Å². The van der Waals surface area contributed by atoms with Crippen molar-refractivity contribution in [2.24, 2.45) is 0 Å². The summed E-state index contributed by atoms with van der Waals surface area (Å²) in [4.78, 5) is 8.35. The number of nitrogens with two attached hydrogens (primary N) is 1. The van der Waals surface area contributed by atoms with Gasteiger partial charge in [-0.25, -0.2) is 9.37 Å². The maximum absolute atomic E-state index is 13.2. The Labute approximate surface area is 114 Å². The van der Waals surface area contributed by atoms with Crippen LogP contribution in [0.15, 0.2) is 41.1 Å². The summed E-state index contributed by atoms with van der Waals surface area (Å²) >= 11 is 0. The van der Waals surface area contributed by atoms with E-state index in [0.717, 1.165) is 0 Å². The van der Waals surface area contributed by atoms with Crippen LogP contribution in [0.5, 0.6) is 0 Å². The first kappa shape index (κ1) is 12.3. The molecule has 2 N–H and O–H groups in total. The number of hydrogen-bond donors (Lipinski definition) is 1. The Hall–Kier alpha value is -2.76. The van der Waals surface area contributed by atoms with E-state index in [4.69, 9.17) is 10.3 Å². The van der Waals surface area contributed by atoms with Crippen LogP contribution in [0.2, 0.25) is 0 Å². The summed E-state index contributed by atoms with van der Waals surface area (Å²) in [5, 5.41) is 3.87. The van der Waals surface area contributed by atoms with Gasteiger partial charge < -0.3 is 10.3 Å². The van der Waals surface area contributed by atoms with Gasteiger partial charge in [-0.1, -0.05) is 5.16 Å². The third-order valence-electron chi connectivity index (χ3n) is 2.88. The number of benzene rings is 1. The number of aromatic nitrogens is 3. The minimum Gasteiger partial charge on any atom is -0.397 e. The van der Waals surface area contributed by atoms with Crippen molar-refractivity contribution in [1.82, 2.24) is 15.1 Å². The van der Waals surface area contributed by atoms with Crippen LogP contribution in [0.1, 0.15) is 5.56 Å². The molecule has 3 aromatic rings. The van der Waals surface area contributed by atoms with Crippen LogP contribution < -0.4 is 5.73 Å². The molecule has 0 radical (unpaired) electrons. The number of nitrogen functional groups attached to an aromatic ring is 1. The second-order valence-corrected chi connectivity index (χ2v) is 4.33. The lowest BCUT2D eigenvalue weighted by molar-refractivity contribution is 0.431. The molecule has 0 saturated carbocycles. The van der Waals surface area contributed by atoms with Crippen molar-refractivity contribution in [3.63, 3.8) is 0 Å². The molecule has 20 heavy (non-hydrogen) atoms. The Kier molecular flexibility index (Phi) is 2.90. The molecule has 0 aliphatic heterocycles. The predicted octanol–water partition coefficient (Wildman–Crippen LogP) is 2.83. The van der Waals surface area contributed by atoms with Crippen LogP contribution in [0.4, 0.5) is 10.1 Å². The molecule has 5 nitrogen and oxygen atoms in total. The van der Waals surface area contributed by atoms with E-state index < -0.39 is 0 Å². The van der Waals surface area contributed by atoms with Gasteiger partial charge in [-0.05, 0) is 42.8 Å². The lowest BCUT2D eigenvalue weighted by Gasteiger charge is -1.98. The van der Waals surface area contributed by atoms with Gasteiger partial charge in [-0.15, -0.1) is 0 Å². The van der Waals surface area contributed by atoms with E-state index >= 15 is 0 Å². The average Bonchev–Trinajstić information content (AvgIpc) is 2.92. The zero-order chi connectivity index (χ0) is 14.1. The average molecular weight is 270 g/mol. The number of anilines is 1. The van der Waals surface area contributed by atoms with Crippen molar-refractivity contribution in [3.8, 4) is 23.0 Å². The van der Waals surface area contributed by atoms with Crippen LogP contribution in [0, 0.1) is 12.7 Å². The molecule has 0 unspecified atom stereocenters. The molecule has 0 aliphatic rings. The van der Waals surface area contributed by atoms with Crippen LogP contribution in [-0.4, -0.2) is 15.1 Å². The molecular weight excluding hydrogens is 259 g/mol. The summed E-state index contributed by atoms with van der Waals surface area (Å²) < 4.78 is 18.4. The molecule has 2 aromatic heterocycles. The quantitative estimate of drug-likeness (QED) is 0.774. The molecule has 0 aliphatic carbocycles. The van der Waals surface area contributed by atoms with Gasteiger partial charge in [0.15, 0.2) is 5.69 Å². The fourth-order valence-electron chi connectivity index (χ4n) is 1.82. The lowest BCUT2D eigenvalue weighted by Crippen LogP contribution is -1.92. The van der Waals surface area contributed by atoms with Gasteiger partial charge in [0.05, 0.1) is 5.69 Å². The largest absolute Gasteiger partial charge is 0.397 e. The maximum atomic E-state index is 13.2. The Morgan fingerprint density at radius 3 is 2.85 bits per heavy atom. The van der Waals surface area contributed by atoms with E-state index in [1.165, 1.54) is 6.07 Å². The lowest BCUT2D eigenvalue weighted by atomic mass is 10.1. The molecule has 2 heterocycles. The van der Waals surface area contributed by atoms with Gasteiger partial charge in [0.25, 0.3) is 5.89 Å². The highest BCUT2D eigenvalue weighted by Gasteiger charge is 2.14. The molecule has 6 heteroatoms. The molecule has 1 aromatic carbocycles. The minimum atomic E-state index is -0.272. The van der Waals surface area contributed by atoms with E-state index in [0.29, 0.717) is 28.3 Å². The highest BCUT2D eigenvalue weighted by Crippen LogP contribution is 2.25. The fraction of sp³-hybridized carbons (Fsp3) is 0.0714. The first-order chi connectivity index (χ1) is 9.65. The predicted molar refractivity (Wildman–Crippen MR) is 72.1 cm³/mol. The van der Waals surface area contributed by atoms with E-state index in [-0.39, 0.29) is 11.7 Å². The summed E-state index contributed by atoms with van der Waals surface area (Å²) in [6.07, 6.45) is 1.59. The first-order valence-corrected chi connectivity index (χ1v) is 5.96. The minimum absolute atomic E-state index is 0.236. The van der Waals surface area contributed by atoms with Crippen molar-refractivity contribution >= 4 is 5.69 Å². The SMILES string of the molecule is Cc1cc(-c2noc(-c3ncccc3N)n2)ccc1F. The number of aryl methyl sites for hydroxylation is 1. The molecule has 100 valence electrons. The first-order valence-electron chi connectivity index (χ1n) is 5.96. The van der Waals surface area contributed by atoms with Crippen molar-refractivity contribution < 1.29 is 8.91 Å². The highest BCUT2D eigenvalue weighted by molar-refractivity contribution is 5.67. The summed E-state index contributed by atoms with van der Waals surface area (Å²) in [5.74, 6) is 0.333. The topological polar surface area (TPSA) is 77.8 Å². The summed E-state index contributed by atoms with van der Waals surface area (Å²) in [6, 6.07) is 8.05. The van der Waals surface area contributed by atoms with E-state index in [2.05, 4.69) is 15.1 Å². The van der Waals surface area contributed by atoms with Crippen LogP contribution in [-0.2, 0) is 0 Å². The number of rotatable bonds is 2. The van der Waals surface area contributed by atoms with Crippen LogP contribution in [0.25, 0.3) is 23.0 Å². The van der Waals surface area contributed by atoms with Gasteiger partial charge in [0.1, 0.15) is 5.82 Å². The number of hydrogen-bond acceptors (Lipinski definition) is 5. The normalized spacial score (nSPS) is 10.7. The van der Waals surface area contributed by atoms with Crippen LogP contribution in [0.3, 0.4) is 0 Å².